The van der Waals surface area contributed by atoms with E-state index < -0.39 is 5.60 Å². The Balaban J connectivity index is 1.30. The molecule has 5 saturated carbocycles. The van der Waals surface area contributed by atoms with E-state index in [0.717, 1.165) is 45.2 Å². The lowest BCUT2D eigenvalue weighted by atomic mass is 9.42. The molecule has 5 aliphatic rings. The Morgan fingerprint density at radius 2 is 2.12 bits per heavy atom. The van der Waals surface area contributed by atoms with Crippen molar-refractivity contribution in [2.24, 2.45) is 22.2 Å². The molecule has 2 N–H and O–H groups in total. The normalized spacial score (nSPS) is 42.0. The van der Waals surface area contributed by atoms with Crippen molar-refractivity contribution in [2.45, 2.75) is 76.9 Å². The summed E-state index contributed by atoms with van der Waals surface area (Å²) in [4.78, 5) is 17.5. The van der Waals surface area contributed by atoms with Crippen LogP contribution < -0.4 is 5.32 Å². The van der Waals surface area contributed by atoms with E-state index in [1.54, 1.807) is 0 Å². The highest BCUT2D eigenvalue weighted by Crippen LogP contribution is 2.67. The van der Waals surface area contributed by atoms with Crippen molar-refractivity contribution in [3.63, 3.8) is 0 Å². The first kappa shape index (κ1) is 16.8. The molecule has 0 aliphatic heterocycles. The van der Waals surface area contributed by atoms with Gasteiger partial charge in [0.1, 0.15) is 0 Å². The fourth-order valence-corrected chi connectivity index (χ4v) is 7.02. The molecular formula is C21H31N3O2. The maximum Gasteiger partial charge on any atom is 0.226 e. The maximum atomic E-state index is 13.3. The number of hydrogen-bond acceptors (Lipinski definition) is 3. The van der Waals surface area contributed by atoms with Gasteiger partial charge in [0.25, 0.3) is 0 Å². The Hall–Kier alpha value is -1.36. The topological polar surface area (TPSA) is 67.2 Å². The molecular weight excluding hydrogens is 326 g/mol. The second-order valence-corrected chi connectivity index (χ2v) is 10.3. The number of carbonyl (C=O) groups excluding carboxylic acids is 1. The van der Waals surface area contributed by atoms with Crippen LogP contribution in [0.1, 0.15) is 64.7 Å². The van der Waals surface area contributed by atoms with Gasteiger partial charge in [-0.2, -0.15) is 0 Å². The molecule has 5 nitrogen and oxygen atoms in total. The summed E-state index contributed by atoms with van der Waals surface area (Å²) in [5, 5.41) is 14.5. The molecule has 0 saturated heterocycles. The van der Waals surface area contributed by atoms with Gasteiger partial charge in [-0.3, -0.25) is 4.79 Å². The first-order valence-electron chi connectivity index (χ1n) is 10.3. The van der Waals surface area contributed by atoms with Gasteiger partial charge in [-0.1, -0.05) is 13.3 Å². The average molecular weight is 357 g/mol. The monoisotopic (exact) mass is 357 g/mol. The summed E-state index contributed by atoms with van der Waals surface area (Å²) in [6.07, 6.45) is 14.8. The van der Waals surface area contributed by atoms with Gasteiger partial charge in [-0.25, -0.2) is 4.98 Å². The van der Waals surface area contributed by atoms with Crippen molar-refractivity contribution >= 4 is 5.91 Å². The summed E-state index contributed by atoms with van der Waals surface area (Å²) in [6.45, 7) is 3.94. The number of nitrogens with one attached hydrogen (secondary N) is 1. The Bertz CT molecular complexity index is 713. The molecule has 5 aliphatic carbocycles. The molecule has 4 atom stereocenters. The highest BCUT2D eigenvalue weighted by molar-refractivity contribution is 5.83. The fraction of sp³-hybridized carbons (Fsp3) is 0.810. The Morgan fingerprint density at radius 3 is 2.77 bits per heavy atom. The molecule has 0 unspecified atom stereocenters. The number of hydrogen-bond donors (Lipinski definition) is 2. The number of imidazole rings is 1. The van der Waals surface area contributed by atoms with Crippen LogP contribution in [0.25, 0.3) is 0 Å². The first-order valence-corrected chi connectivity index (χ1v) is 10.3. The quantitative estimate of drug-likeness (QED) is 0.823. The van der Waals surface area contributed by atoms with Gasteiger partial charge in [0.15, 0.2) is 0 Å². The number of carbonyl (C=O) groups is 1. The number of aromatic nitrogens is 2. The summed E-state index contributed by atoms with van der Waals surface area (Å²) < 4.78 is 2.12. The van der Waals surface area contributed by atoms with Crippen LogP contribution >= 0.6 is 0 Å². The Morgan fingerprint density at radius 1 is 1.27 bits per heavy atom. The van der Waals surface area contributed by atoms with E-state index in [4.69, 9.17) is 0 Å². The number of rotatable bonds is 6. The van der Waals surface area contributed by atoms with Crippen LogP contribution in [-0.4, -0.2) is 32.7 Å². The molecule has 5 fully saturated rings. The van der Waals surface area contributed by atoms with Crippen LogP contribution in [0.5, 0.6) is 0 Å². The van der Waals surface area contributed by atoms with Crippen molar-refractivity contribution < 1.29 is 9.90 Å². The van der Waals surface area contributed by atoms with Crippen LogP contribution in [0.4, 0.5) is 0 Å². The molecule has 142 valence electrons. The van der Waals surface area contributed by atoms with Crippen molar-refractivity contribution in [3.05, 3.63) is 18.7 Å². The van der Waals surface area contributed by atoms with E-state index in [9.17, 15) is 9.90 Å². The van der Waals surface area contributed by atoms with Crippen LogP contribution in [0.15, 0.2) is 18.7 Å². The minimum atomic E-state index is -0.596. The van der Waals surface area contributed by atoms with Gasteiger partial charge in [-0.05, 0) is 62.7 Å². The third-order valence-corrected chi connectivity index (χ3v) is 8.04. The first-order chi connectivity index (χ1) is 12.4. The van der Waals surface area contributed by atoms with Crippen LogP contribution in [0.3, 0.4) is 0 Å². The molecule has 1 heterocycles. The highest BCUT2D eigenvalue weighted by atomic mass is 16.3. The molecule has 5 heteroatoms. The fourth-order valence-electron chi connectivity index (χ4n) is 7.02. The van der Waals surface area contributed by atoms with Gasteiger partial charge in [-0.15, -0.1) is 0 Å². The van der Waals surface area contributed by atoms with E-state index in [2.05, 4.69) is 21.8 Å². The summed E-state index contributed by atoms with van der Waals surface area (Å²) in [5.41, 5.74) is -0.520. The zero-order valence-corrected chi connectivity index (χ0v) is 15.8. The second-order valence-electron chi connectivity index (χ2n) is 10.3. The lowest BCUT2D eigenvalue weighted by molar-refractivity contribution is -0.204. The predicted octanol–water partition coefficient (Wildman–Crippen LogP) is 2.89. The summed E-state index contributed by atoms with van der Waals surface area (Å²) in [6, 6.07) is 0. The number of amides is 1. The van der Waals surface area contributed by atoms with Crippen molar-refractivity contribution in [2.75, 3.05) is 6.54 Å². The third kappa shape index (κ3) is 2.62. The largest absolute Gasteiger partial charge is 0.390 e. The van der Waals surface area contributed by atoms with E-state index in [0.29, 0.717) is 12.3 Å². The zero-order chi connectivity index (χ0) is 18.0. The zero-order valence-electron chi connectivity index (χ0n) is 15.8. The van der Waals surface area contributed by atoms with Crippen LogP contribution in [-0.2, 0) is 11.3 Å². The van der Waals surface area contributed by atoms with Crippen LogP contribution in [0.2, 0.25) is 0 Å². The predicted molar refractivity (Wildman–Crippen MR) is 98.2 cm³/mol. The number of nitrogens with zero attached hydrogens (tertiary/aromatic N) is 2. The molecule has 0 spiro atoms. The van der Waals surface area contributed by atoms with Gasteiger partial charge in [0.2, 0.25) is 5.91 Å². The molecule has 0 aromatic carbocycles. The minimum Gasteiger partial charge on any atom is -0.390 e. The van der Waals surface area contributed by atoms with Crippen LogP contribution in [0, 0.1) is 22.2 Å². The number of aliphatic hydroxyl groups is 1. The molecule has 0 radical (unpaired) electrons. The van der Waals surface area contributed by atoms with Crippen molar-refractivity contribution in [1.82, 2.24) is 14.9 Å². The third-order valence-electron chi connectivity index (χ3n) is 8.04. The highest BCUT2D eigenvalue weighted by Gasteiger charge is 2.64. The molecule has 1 amide bonds. The SMILES string of the molecule is CC[C@@]12C[C@@H]3C[C@@](O)(C1)C[C@@](C(=O)NCC1(Cn4ccnc4)CC1)(C3)C2. The Labute approximate surface area is 155 Å². The van der Waals surface area contributed by atoms with Gasteiger partial charge in [0.05, 0.1) is 17.3 Å². The van der Waals surface area contributed by atoms with Gasteiger partial charge < -0.3 is 15.0 Å². The molecule has 26 heavy (non-hydrogen) atoms. The molecule has 4 bridgehead atoms. The lowest BCUT2D eigenvalue weighted by Crippen LogP contribution is -2.64. The second kappa shape index (κ2) is 5.34. The maximum absolute atomic E-state index is 13.3. The standard InChI is InChI=1S/C21H31N3O2/c1-2-18-7-16-8-20(10-18,12-21(26,9-16)11-18)17(25)23-13-19(3-4-19)14-24-6-5-22-15-24/h5-6,15-16,26H,2-4,7-14H2,1H3,(H,23,25)/t16-,18-,20+,21+/m0/s1. The summed E-state index contributed by atoms with van der Waals surface area (Å²) in [7, 11) is 0. The van der Waals surface area contributed by atoms with Crippen molar-refractivity contribution in [3.8, 4) is 0 Å². The average Bonchev–Trinajstić information content (AvgIpc) is 3.14. The molecule has 1 aromatic rings. The smallest absolute Gasteiger partial charge is 0.226 e. The lowest BCUT2D eigenvalue weighted by Gasteiger charge is -2.64. The minimum absolute atomic E-state index is 0.194. The molecule has 1 aromatic heterocycles. The molecule has 6 rings (SSSR count). The van der Waals surface area contributed by atoms with Gasteiger partial charge in [0, 0.05) is 30.9 Å². The van der Waals surface area contributed by atoms with E-state index in [1.807, 2.05) is 18.7 Å². The Kier molecular flexibility index (Phi) is 3.45. The van der Waals surface area contributed by atoms with Gasteiger partial charge >= 0.3 is 0 Å². The summed E-state index contributed by atoms with van der Waals surface area (Å²) in [5.74, 6) is 0.748. The van der Waals surface area contributed by atoms with E-state index in [-0.39, 0.29) is 22.2 Å². The van der Waals surface area contributed by atoms with E-state index in [1.165, 1.54) is 19.3 Å². The van der Waals surface area contributed by atoms with E-state index >= 15 is 0 Å². The summed E-state index contributed by atoms with van der Waals surface area (Å²) >= 11 is 0. The van der Waals surface area contributed by atoms with Crippen molar-refractivity contribution in [1.29, 1.82) is 0 Å².